The lowest BCUT2D eigenvalue weighted by Gasteiger charge is -2.12. The van der Waals surface area contributed by atoms with E-state index in [2.05, 4.69) is 362 Å². The van der Waals surface area contributed by atoms with Gasteiger partial charge in [-0.1, -0.05) is 249 Å². The van der Waals surface area contributed by atoms with Crippen LogP contribution >= 0.6 is 0 Å². The van der Waals surface area contributed by atoms with Gasteiger partial charge in [-0.3, -0.25) is 9.97 Å². The van der Waals surface area contributed by atoms with Gasteiger partial charge in [-0.25, -0.2) is 29.9 Å². The first-order chi connectivity index (χ1) is 55.4. The minimum Gasteiger partial charge on any atom is -0.254 e. The third-order valence-electron chi connectivity index (χ3n) is 22.3. The maximum absolute atomic E-state index is 5.18. The van der Waals surface area contributed by atoms with E-state index in [1.54, 1.807) is 0 Å². The number of pyridine rings is 8. The van der Waals surface area contributed by atoms with E-state index in [-0.39, 0.29) is 0 Å². The second-order valence-electron chi connectivity index (χ2n) is 29.0. The summed E-state index contributed by atoms with van der Waals surface area (Å²) in [6.07, 6.45) is 3.66. The Balaban J connectivity index is 0.000000138. The smallest absolute Gasteiger partial charge is 0.0972 e. The standard InChI is InChI=1S/C54H32N4.C50H30N4/c1-2-8-44-40(6-1)31-47(46-10-4-3-9-45(44)46)51-26-22-43-30-38(21-25-48(43)56-51)39-14-11-33-19-23-49(57-52(33)32-39)41-17-15-37-29-42(18-16-36(37)28-41)50-24-20-35-13-12-34-7-5-27-55-53(34)54(35)58-50;1-2-8-42-31(5-1)6-3-9-43(42)47-25-21-41-29-37(20-24-44(41)52-47)38-13-10-32-18-22-45(53-48(32)30-38)39-16-14-36-28-40(17-15-35(36)27-39)46-23-19-34-12-11-33-7-4-26-51-49(33)50(34)54-46/h1-32H;1-30H. The molecule has 0 amide bonds. The minimum atomic E-state index is 0.926. The summed E-state index contributed by atoms with van der Waals surface area (Å²) in [5.74, 6) is 0. The third-order valence-corrected chi connectivity index (χ3v) is 22.3. The fraction of sp³-hybridized carbons (Fsp3) is 0. The van der Waals surface area contributed by atoms with Gasteiger partial charge in [-0.15, -0.1) is 0 Å². The van der Waals surface area contributed by atoms with Crippen LogP contribution in [0.5, 0.6) is 0 Å². The molecule has 112 heavy (non-hydrogen) atoms. The first kappa shape index (κ1) is 64.1. The monoisotopic (exact) mass is 1420 g/mol. The Labute approximate surface area is 643 Å². The molecule has 0 unspecified atom stereocenters. The van der Waals surface area contributed by atoms with Crippen LogP contribution in [0.2, 0.25) is 0 Å². The molecule has 0 aliphatic carbocycles. The summed E-state index contributed by atoms with van der Waals surface area (Å²) < 4.78 is 0. The van der Waals surface area contributed by atoms with Gasteiger partial charge in [0.25, 0.3) is 0 Å². The van der Waals surface area contributed by atoms with Gasteiger partial charge in [-0.05, 0) is 191 Å². The molecule has 0 saturated heterocycles. The molecule has 0 saturated carbocycles. The van der Waals surface area contributed by atoms with Crippen LogP contribution in [0, 0.1) is 0 Å². The second-order valence-corrected chi connectivity index (χ2v) is 29.0. The molecule has 8 nitrogen and oxygen atoms in total. The molecular weight excluding hydrogens is 1360 g/mol. The summed E-state index contributed by atoms with van der Waals surface area (Å²) in [6.45, 7) is 0. The van der Waals surface area contributed by atoms with Gasteiger partial charge in [0.1, 0.15) is 0 Å². The van der Waals surface area contributed by atoms with E-state index < -0.39 is 0 Å². The van der Waals surface area contributed by atoms with E-state index in [9.17, 15) is 0 Å². The number of nitrogens with zero attached hydrogens (tertiary/aromatic N) is 8. The fourth-order valence-electron chi connectivity index (χ4n) is 16.4. The maximum atomic E-state index is 5.18. The molecule has 23 aromatic rings. The molecule has 0 radical (unpaired) electrons. The van der Waals surface area contributed by atoms with Crippen LogP contribution in [0.4, 0.5) is 0 Å². The molecule has 8 heteroatoms. The summed E-state index contributed by atoms with van der Waals surface area (Å²) in [5, 5.41) is 20.8. The molecule has 8 aromatic heterocycles. The van der Waals surface area contributed by atoms with Gasteiger partial charge in [0.2, 0.25) is 0 Å². The van der Waals surface area contributed by atoms with Gasteiger partial charge in [0.15, 0.2) is 0 Å². The fourth-order valence-corrected chi connectivity index (χ4v) is 16.4. The lowest BCUT2D eigenvalue weighted by molar-refractivity contribution is 1.37. The Hall–Kier alpha value is -15.1. The Bertz CT molecular complexity index is 7860. The average Bonchev–Trinajstić information content (AvgIpc) is 0.758. The molecule has 15 aromatic carbocycles. The van der Waals surface area contributed by atoms with Gasteiger partial charge < -0.3 is 0 Å². The van der Waals surface area contributed by atoms with E-state index >= 15 is 0 Å². The van der Waals surface area contributed by atoms with Crippen LogP contribution in [0.3, 0.4) is 0 Å². The zero-order valence-corrected chi connectivity index (χ0v) is 60.4. The van der Waals surface area contributed by atoms with Crippen molar-refractivity contribution in [1.29, 1.82) is 0 Å². The van der Waals surface area contributed by atoms with Crippen molar-refractivity contribution in [3.05, 3.63) is 376 Å². The maximum Gasteiger partial charge on any atom is 0.0972 e. The van der Waals surface area contributed by atoms with E-state index in [1.807, 2.05) is 24.5 Å². The lowest BCUT2D eigenvalue weighted by Crippen LogP contribution is -1.90. The van der Waals surface area contributed by atoms with Crippen molar-refractivity contribution in [1.82, 2.24) is 39.9 Å². The highest BCUT2D eigenvalue weighted by Crippen LogP contribution is 2.40. The van der Waals surface area contributed by atoms with Crippen molar-refractivity contribution >= 4 is 141 Å². The molecule has 0 spiro atoms. The van der Waals surface area contributed by atoms with E-state index in [0.717, 1.165) is 199 Å². The van der Waals surface area contributed by atoms with E-state index in [4.69, 9.17) is 29.9 Å². The predicted molar refractivity (Wildman–Crippen MR) is 466 cm³/mol. The highest BCUT2D eigenvalue weighted by Gasteiger charge is 2.17. The summed E-state index contributed by atoms with van der Waals surface area (Å²) in [5.41, 5.74) is 24.5. The first-order valence-corrected chi connectivity index (χ1v) is 37.8. The molecule has 0 bridgehead atoms. The first-order valence-electron chi connectivity index (χ1n) is 37.8. The molecule has 0 fully saturated rings. The van der Waals surface area contributed by atoms with Crippen LogP contribution in [0.25, 0.3) is 231 Å². The van der Waals surface area contributed by atoms with Crippen LogP contribution in [-0.2, 0) is 0 Å². The van der Waals surface area contributed by atoms with Crippen molar-refractivity contribution in [2.75, 3.05) is 0 Å². The molecule has 0 aliphatic rings. The molecular formula is C104H62N8. The quantitative estimate of drug-likeness (QED) is 0.139. The molecule has 518 valence electrons. The number of aromatic nitrogens is 8. The summed E-state index contributed by atoms with van der Waals surface area (Å²) in [4.78, 5) is 40.0. The molecule has 0 atom stereocenters. The van der Waals surface area contributed by atoms with Crippen molar-refractivity contribution in [3.8, 4) is 89.8 Å². The largest absolute Gasteiger partial charge is 0.254 e. The number of benzene rings is 15. The highest BCUT2D eigenvalue weighted by atomic mass is 14.8. The Kier molecular flexibility index (Phi) is 15.1. The van der Waals surface area contributed by atoms with Crippen LogP contribution in [0.1, 0.15) is 0 Å². The van der Waals surface area contributed by atoms with Gasteiger partial charge in [0, 0.05) is 88.9 Å². The summed E-state index contributed by atoms with van der Waals surface area (Å²) >= 11 is 0. The van der Waals surface area contributed by atoms with Crippen LogP contribution < -0.4 is 0 Å². The van der Waals surface area contributed by atoms with Gasteiger partial charge in [0.05, 0.1) is 78.3 Å². The third kappa shape index (κ3) is 11.5. The number of rotatable bonds is 8. The zero-order valence-electron chi connectivity index (χ0n) is 60.4. The topological polar surface area (TPSA) is 103 Å². The SMILES string of the molecule is c1ccc2c(-c3ccc4cc(-c5ccc6ccc(-c7ccc8cc(-c9ccc%10ccc%11cccnc%11c%10n9)ccc8c7)nc6c5)ccc4n3)cccc2c1.c1ccc2c(c1)cc(-c1ccc3cc(-c4ccc5ccc(-c6ccc7cc(-c8ccc9ccc%10cccnc%10c9n8)ccc7c6)nc5c4)ccc3n1)c1ccccc12. The number of hydrogen-bond acceptors (Lipinski definition) is 8. The highest BCUT2D eigenvalue weighted by molar-refractivity contribution is 6.14. The van der Waals surface area contributed by atoms with Crippen molar-refractivity contribution in [2.24, 2.45) is 0 Å². The number of fused-ring (bicyclic) bond motifs is 16. The molecule has 23 rings (SSSR count). The Morgan fingerprint density at radius 3 is 0.991 bits per heavy atom. The average molecular weight is 1420 g/mol. The van der Waals surface area contributed by atoms with Crippen molar-refractivity contribution in [3.63, 3.8) is 0 Å². The zero-order chi connectivity index (χ0) is 73.7. The predicted octanol–water partition coefficient (Wildman–Crippen LogP) is 26.9. The molecule has 0 N–H and O–H groups in total. The Morgan fingerprint density at radius 1 is 0.143 bits per heavy atom. The summed E-state index contributed by atoms with van der Waals surface area (Å²) in [7, 11) is 0. The van der Waals surface area contributed by atoms with Crippen LogP contribution in [0.15, 0.2) is 376 Å². The second kappa shape index (κ2) is 26.4. The lowest BCUT2D eigenvalue weighted by atomic mass is 9.95. The van der Waals surface area contributed by atoms with Gasteiger partial charge in [-0.2, -0.15) is 0 Å². The molecule has 8 heterocycles. The molecule has 0 aliphatic heterocycles. The van der Waals surface area contributed by atoms with Crippen molar-refractivity contribution in [2.45, 2.75) is 0 Å². The number of hydrogen-bond donors (Lipinski definition) is 0. The van der Waals surface area contributed by atoms with E-state index in [0.29, 0.717) is 0 Å². The van der Waals surface area contributed by atoms with Crippen LogP contribution in [-0.4, -0.2) is 39.9 Å². The van der Waals surface area contributed by atoms with Gasteiger partial charge >= 0.3 is 0 Å². The summed E-state index contributed by atoms with van der Waals surface area (Å²) in [6, 6.07) is 129. The normalized spacial score (nSPS) is 11.8. The minimum absolute atomic E-state index is 0.926. The van der Waals surface area contributed by atoms with Crippen molar-refractivity contribution < 1.29 is 0 Å². The Morgan fingerprint density at radius 2 is 0.473 bits per heavy atom. The van der Waals surface area contributed by atoms with E-state index in [1.165, 1.54) is 32.3 Å².